The molecule has 0 heterocycles. The molecule has 0 aliphatic rings. The number of hydrogen-bond donors (Lipinski definition) is 0. The second kappa shape index (κ2) is 7.00. The largest absolute Gasteiger partial charge is 0.497 e. The highest BCUT2D eigenvalue weighted by atomic mass is 32.2. The van der Waals surface area contributed by atoms with E-state index >= 15 is 0 Å². The maximum absolute atomic E-state index is 11.9. The lowest BCUT2D eigenvalue weighted by Gasteiger charge is -2.03. The van der Waals surface area contributed by atoms with Crippen molar-refractivity contribution in [1.29, 1.82) is 0 Å². The minimum Gasteiger partial charge on any atom is -0.497 e. The summed E-state index contributed by atoms with van der Waals surface area (Å²) < 4.78 is 5.11. The minimum absolute atomic E-state index is 0.196. The fourth-order valence-corrected chi connectivity index (χ4v) is 2.55. The van der Waals surface area contributed by atoms with E-state index in [9.17, 15) is 4.79 Å². The van der Waals surface area contributed by atoms with Crippen LogP contribution in [0.3, 0.4) is 0 Å². The Morgan fingerprint density at radius 2 is 1.74 bits per heavy atom. The summed E-state index contributed by atoms with van der Waals surface area (Å²) in [7, 11) is 1.65. The highest BCUT2D eigenvalue weighted by Crippen LogP contribution is 2.22. The summed E-state index contributed by atoms with van der Waals surface area (Å²) in [5, 5.41) is 0. The standard InChI is InChI=1S/C16H16O2S/c1-18-14-7-9-15(10-8-14)19-12-11-16(17)13-5-3-2-4-6-13/h2-10H,11-12H2,1H3. The molecule has 2 rings (SSSR count). The van der Waals surface area contributed by atoms with Crippen molar-refractivity contribution < 1.29 is 9.53 Å². The van der Waals surface area contributed by atoms with Crippen molar-refractivity contribution in [1.82, 2.24) is 0 Å². The van der Waals surface area contributed by atoms with Gasteiger partial charge in [-0.1, -0.05) is 30.3 Å². The Balaban J connectivity index is 1.81. The van der Waals surface area contributed by atoms with Gasteiger partial charge in [0.1, 0.15) is 5.75 Å². The fourth-order valence-electron chi connectivity index (χ4n) is 1.70. The molecule has 0 atom stereocenters. The molecule has 98 valence electrons. The first-order valence-electron chi connectivity index (χ1n) is 6.14. The molecular weight excluding hydrogens is 256 g/mol. The molecule has 0 aromatic heterocycles. The number of rotatable bonds is 6. The molecule has 0 bridgehead atoms. The Labute approximate surface area is 117 Å². The quantitative estimate of drug-likeness (QED) is 0.586. The van der Waals surface area contributed by atoms with Gasteiger partial charge in [-0.3, -0.25) is 4.79 Å². The number of ether oxygens (including phenoxy) is 1. The SMILES string of the molecule is COc1ccc(SCCC(=O)c2ccccc2)cc1. The first kappa shape index (κ1) is 13.7. The number of carbonyl (C=O) groups is 1. The van der Waals surface area contributed by atoms with Crippen LogP contribution in [0.2, 0.25) is 0 Å². The van der Waals surface area contributed by atoms with E-state index in [-0.39, 0.29) is 5.78 Å². The summed E-state index contributed by atoms with van der Waals surface area (Å²) in [6.07, 6.45) is 0.556. The van der Waals surface area contributed by atoms with Crippen LogP contribution in [0.15, 0.2) is 59.5 Å². The lowest BCUT2D eigenvalue weighted by atomic mass is 10.1. The number of thioether (sulfide) groups is 1. The van der Waals surface area contributed by atoms with Crippen LogP contribution in [0.4, 0.5) is 0 Å². The number of methoxy groups -OCH3 is 1. The third kappa shape index (κ3) is 4.14. The fraction of sp³-hybridized carbons (Fsp3) is 0.188. The number of Topliss-reactive ketones (excluding diaryl/α,β-unsaturated/α-hetero) is 1. The molecular formula is C16H16O2S. The zero-order valence-corrected chi connectivity index (χ0v) is 11.7. The zero-order valence-electron chi connectivity index (χ0n) is 10.8. The van der Waals surface area contributed by atoms with E-state index in [4.69, 9.17) is 4.74 Å². The van der Waals surface area contributed by atoms with Gasteiger partial charge in [0.25, 0.3) is 0 Å². The molecule has 2 aromatic rings. The van der Waals surface area contributed by atoms with Crippen LogP contribution in [0.1, 0.15) is 16.8 Å². The summed E-state index contributed by atoms with van der Waals surface area (Å²) in [5.74, 6) is 1.84. The molecule has 0 saturated carbocycles. The third-order valence-corrected chi connectivity index (χ3v) is 3.77. The van der Waals surface area contributed by atoms with E-state index in [1.54, 1.807) is 18.9 Å². The van der Waals surface area contributed by atoms with Crippen molar-refractivity contribution in [3.8, 4) is 5.75 Å². The first-order valence-corrected chi connectivity index (χ1v) is 7.13. The van der Waals surface area contributed by atoms with Crippen molar-refractivity contribution in [3.05, 3.63) is 60.2 Å². The summed E-state index contributed by atoms with van der Waals surface area (Å²) in [6.45, 7) is 0. The molecule has 0 radical (unpaired) electrons. The van der Waals surface area contributed by atoms with E-state index in [0.29, 0.717) is 6.42 Å². The Kier molecular flexibility index (Phi) is 5.04. The van der Waals surface area contributed by atoms with Crippen LogP contribution in [-0.4, -0.2) is 18.6 Å². The number of hydrogen-bond acceptors (Lipinski definition) is 3. The Hall–Kier alpha value is -1.74. The van der Waals surface area contributed by atoms with Crippen LogP contribution < -0.4 is 4.74 Å². The van der Waals surface area contributed by atoms with Gasteiger partial charge in [0.05, 0.1) is 7.11 Å². The lowest BCUT2D eigenvalue weighted by molar-refractivity contribution is 0.0989. The summed E-state index contributed by atoms with van der Waals surface area (Å²) >= 11 is 1.69. The summed E-state index contributed by atoms with van der Waals surface area (Å²) in [5.41, 5.74) is 0.790. The Morgan fingerprint density at radius 3 is 2.37 bits per heavy atom. The molecule has 2 nitrogen and oxygen atoms in total. The van der Waals surface area contributed by atoms with Gasteiger partial charge in [0, 0.05) is 22.6 Å². The van der Waals surface area contributed by atoms with Gasteiger partial charge < -0.3 is 4.74 Å². The zero-order chi connectivity index (χ0) is 13.5. The van der Waals surface area contributed by atoms with Crippen LogP contribution in [0.5, 0.6) is 5.75 Å². The first-order chi connectivity index (χ1) is 9.29. The molecule has 0 unspecified atom stereocenters. The molecule has 0 amide bonds. The Morgan fingerprint density at radius 1 is 1.05 bits per heavy atom. The molecule has 0 spiro atoms. The smallest absolute Gasteiger partial charge is 0.163 e. The number of ketones is 1. The van der Waals surface area contributed by atoms with E-state index in [2.05, 4.69) is 0 Å². The van der Waals surface area contributed by atoms with Crippen LogP contribution in [-0.2, 0) is 0 Å². The molecule has 2 aromatic carbocycles. The topological polar surface area (TPSA) is 26.3 Å². The van der Waals surface area contributed by atoms with Gasteiger partial charge in [-0.05, 0) is 24.3 Å². The average Bonchev–Trinajstić information content (AvgIpc) is 2.49. The summed E-state index contributed by atoms with van der Waals surface area (Å²) in [4.78, 5) is 13.1. The summed E-state index contributed by atoms with van der Waals surface area (Å²) in [6, 6.07) is 17.3. The highest BCUT2D eigenvalue weighted by Gasteiger charge is 2.05. The Bertz CT molecular complexity index is 520. The minimum atomic E-state index is 0.196. The van der Waals surface area contributed by atoms with Crippen molar-refractivity contribution >= 4 is 17.5 Å². The molecule has 0 fully saturated rings. The van der Waals surface area contributed by atoms with E-state index in [1.807, 2.05) is 54.6 Å². The normalized spacial score (nSPS) is 10.2. The van der Waals surface area contributed by atoms with Crippen molar-refractivity contribution in [2.75, 3.05) is 12.9 Å². The maximum atomic E-state index is 11.9. The lowest BCUT2D eigenvalue weighted by Crippen LogP contribution is -1.99. The number of benzene rings is 2. The van der Waals surface area contributed by atoms with Crippen LogP contribution in [0, 0.1) is 0 Å². The molecule has 0 N–H and O–H groups in total. The average molecular weight is 272 g/mol. The van der Waals surface area contributed by atoms with Gasteiger partial charge in [0.2, 0.25) is 0 Å². The predicted molar refractivity (Wildman–Crippen MR) is 79.1 cm³/mol. The third-order valence-electron chi connectivity index (χ3n) is 2.75. The molecule has 3 heteroatoms. The van der Waals surface area contributed by atoms with Crippen LogP contribution >= 0.6 is 11.8 Å². The molecule has 0 aliphatic carbocycles. The molecule has 0 aliphatic heterocycles. The predicted octanol–water partition coefficient (Wildman–Crippen LogP) is 4.06. The van der Waals surface area contributed by atoms with Gasteiger partial charge >= 0.3 is 0 Å². The van der Waals surface area contributed by atoms with Crippen molar-refractivity contribution in [2.45, 2.75) is 11.3 Å². The van der Waals surface area contributed by atoms with Crippen LogP contribution in [0.25, 0.3) is 0 Å². The highest BCUT2D eigenvalue weighted by molar-refractivity contribution is 7.99. The van der Waals surface area contributed by atoms with E-state index in [0.717, 1.165) is 22.0 Å². The monoisotopic (exact) mass is 272 g/mol. The second-order valence-electron chi connectivity index (χ2n) is 4.06. The van der Waals surface area contributed by atoms with Gasteiger partial charge in [-0.25, -0.2) is 0 Å². The van der Waals surface area contributed by atoms with Gasteiger partial charge in [-0.15, -0.1) is 11.8 Å². The van der Waals surface area contributed by atoms with Crippen molar-refractivity contribution in [3.63, 3.8) is 0 Å². The maximum Gasteiger partial charge on any atom is 0.163 e. The van der Waals surface area contributed by atoms with E-state index < -0.39 is 0 Å². The van der Waals surface area contributed by atoms with Gasteiger partial charge in [0.15, 0.2) is 5.78 Å². The van der Waals surface area contributed by atoms with Crippen molar-refractivity contribution in [2.24, 2.45) is 0 Å². The molecule has 0 saturated heterocycles. The number of carbonyl (C=O) groups excluding carboxylic acids is 1. The second-order valence-corrected chi connectivity index (χ2v) is 5.23. The van der Waals surface area contributed by atoms with E-state index in [1.165, 1.54) is 0 Å². The van der Waals surface area contributed by atoms with Gasteiger partial charge in [-0.2, -0.15) is 0 Å². The molecule has 19 heavy (non-hydrogen) atoms.